The van der Waals surface area contributed by atoms with E-state index in [4.69, 9.17) is 4.74 Å². The maximum atomic E-state index is 12.7. The Kier molecular flexibility index (Phi) is 3.49. The molecule has 0 fully saturated rings. The Morgan fingerprint density at radius 3 is 2.85 bits per heavy atom. The zero-order valence-corrected chi connectivity index (χ0v) is 12.7. The van der Waals surface area contributed by atoms with E-state index < -0.39 is 0 Å². The number of carbonyl (C=O) groups excluding carboxylic acids is 1. The fraction of sp³-hybridized carbons (Fsp3) is 0.188. The van der Waals surface area contributed by atoms with Gasteiger partial charge in [0.05, 0.1) is 12.2 Å². The molecular formula is C16H14BrNO2. The number of fused-ring (bicyclic) bond motifs is 1. The summed E-state index contributed by atoms with van der Waals surface area (Å²) in [5.74, 6) is 0.764. The number of halogens is 1. The Hall–Kier alpha value is -1.81. The van der Waals surface area contributed by atoms with Crippen molar-refractivity contribution in [3.8, 4) is 5.75 Å². The van der Waals surface area contributed by atoms with Crippen molar-refractivity contribution in [1.82, 2.24) is 0 Å². The van der Waals surface area contributed by atoms with Gasteiger partial charge >= 0.3 is 0 Å². The Morgan fingerprint density at radius 1 is 1.25 bits per heavy atom. The quantitative estimate of drug-likeness (QED) is 0.795. The van der Waals surface area contributed by atoms with Gasteiger partial charge in [-0.3, -0.25) is 4.79 Å². The van der Waals surface area contributed by atoms with Crippen LogP contribution in [0.2, 0.25) is 0 Å². The summed E-state index contributed by atoms with van der Waals surface area (Å²) in [5.41, 5.74) is 2.63. The minimum Gasteiger partial charge on any atom is -0.490 e. The summed E-state index contributed by atoms with van der Waals surface area (Å²) in [4.78, 5) is 14.4. The first-order valence-electron chi connectivity index (χ1n) is 6.46. The number of anilines is 1. The molecule has 3 rings (SSSR count). The van der Waals surface area contributed by atoms with Crippen molar-refractivity contribution in [1.29, 1.82) is 0 Å². The highest BCUT2D eigenvalue weighted by Crippen LogP contribution is 2.32. The van der Waals surface area contributed by atoms with E-state index in [0.29, 0.717) is 18.7 Å². The van der Waals surface area contributed by atoms with Crippen LogP contribution in [0.15, 0.2) is 46.9 Å². The molecule has 2 aromatic rings. The monoisotopic (exact) mass is 331 g/mol. The van der Waals surface area contributed by atoms with Crippen LogP contribution in [0.3, 0.4) is 0 Å². The minimum absolute atomic E-state index is 0.00134. The fourth-order valence-electron chi connectivity index (χ4n) is 2.26. The Bertz CT molecular complexity index is 669. The molecule has 1 aliphatic rings. The van der Waals surface area contributed by atoms with Gasteiger partial charge in [0.15, 0.2) is 0 Å². The van der Waals surface area contributed by atoms with Gasteiger partial charge in [0, 0.05) is 10.0 Å². The van der Waals surface area contributed by atoms with Crippen molar-refractivity contribution in [2.24, 2.45) is 0 Å². The van der Waals surface area contributed by atoms with Crippen LogP contribution in [-0.2, 0) is 0 Å². The lowest BCUT2D eigenvalue weighted by Crippen LogP contribution is -2.37. The van der Waals surface area contributed by atoms with Crippen LogP contribution in [-0.4, -0.2) is 19.1 Å². The molecule has 2 aromatic carbocycles. The molecule has 0 N–H and O–H groups in total. The fourth-order valence-corrected chi connectivity index (χ4v) is 2.64. The number of aryl methyl sites for hydroxylation is 1. The van der Waals surface area contributed by atoms with Gasteiger partial charge in [0.2, 0.25) is 0 Å². The van der Waals surface area contributed by atoms with Crippen molar-refractivity contribution in [2.75, 3.05) is 18.1 Å². The Balaban J connectivity index is 1.97. The second-order valence-electron chi connectivity index (χ2n) is 4.74. The van der Waals surface area contributed by atoms with Gasteiger partial charge in [-0.1, -0.05) is 34.1 Å². The Labute approximate surface area is 126 Å². The molecule has 0 spiro atoms. The maximum absolute atomic E-state index is 12.7. The second-order valence-corrected chi connectivity index (χ2v) is 5.59. The zero-order valence-electron chi connectivity index (χ0n) is 11.1. The van der Waals surface area contributed by atoms with Crippen LogP contribution in [0.4, 0.5) is 5.69 Å². The molecule has 0 bridgehead atoms. The zero-order chi connectivity index (χ0) is 14.1. The molecular weight excluding hydrogens is 318 g/mol. The third-order valence-corrected chi connectivity index (χ3v) is 4.25. The van der Waals surface area contributed by atoms with E-state index in [-0.39, 0.29) is 5.91 Å². The van der Waals surface area contributed by atoms with Crippen LogP contribution in [0.5, 0.6) is 5.75 Å². The summed E-state index contributed by atoms with van der Waals surface area (Å²) in [6.07, 6.45) is 0. The summed E-state index contributed by atoms with van der Waals surface area (Å²) in [7, 11) is 0. The summed E-state index contributed by atoms with van der Waals surface area (Å²) >= 11 is 3.47. The van der Waals surface area contributed by atoms with Crippen molar-refractivity contribution >= 4 is 27.5 Å². The molecule has 1 aliphatic heterocycles. The lowest BCUT2D eigenvalue weighted by molar-refractivity contribution is 0.0976. The van der Waals surface area contributed by atoms with Crippen molar-refractivity contribution in [2.45, 2.75) is 6.92 Å². The number of rotatable bonds is 1. The van der Waals surface area contributed by atoms with Crippen LogP contribution < -0.4 is 9.64 Å². The highest BCUT2D eigenvalue weighted by atomic mass is 79.9. The molecule has 0 aliphatic carbocycles. The van der Waals surface area contributed by atoms with E-state index in [1.807, 2.05) is 49.4 Å². The van der Waals surface area contributed by atoms with E-state index in [0.717, 1.165) is 21.5 Å². The normalized spacial score (nSPS) is 13.6. The summed E-state index contributed by atoms with van der Waals surface area (Å²) < 4.78 is 6.53. The van der Waals surface area contributed by atoms with Gasteiger partial charge in [0.25, 0.3) is 5.91 Å². The van der Waals surface area contributed by atoms with E-state index in [1.54, 1.807) is 4.90 Å². The first-order valence-corrected chi connectivity index (χ1v) is 7.26. The molecule has 0 saturated heterocycles. The average molecular weight is 332 g/mol. The predicted molar refractivity (Wildman–Crippen MR) is 82.5 cm³/mol. The highest BCUT2D eigenvalue weighted by molar-refractivity contribution is 9.10. The molecule has 0 saturated carbocycles. The van der Waals surface area contributed by atoms with Gasteiger partial charge in [-0.2, -0.15) is 0 Å². The molecule has 3 nitrogen and oxygen atoms in total. The summed E-state index contributed by atoms with van der Waals surface area (Å²) in [5, 5.41) is 0. The van der Waals surface area contributed by atoms with Crippen molar-refractivity contribution < 1.29 is 9.53 Å². The molecule has 0 atom stereocenters. The van der Waals surface area contributed by atoms with E-state index in [9.17, 15) is 4.79 Å². The standard InChI is InChI=1S/C16H14BrNO2/c1-11-6-7-12(10-13(11)17)16(19)18-8-9-20-15-5-3-2-4-14(15)18/h2-7,10H,8-9H2,1H3. The van der Waals surface area contributed by atoms with Crippen molar-refractivity contribution in [3.63, 3.8) is 0 Å². The number of hydrogen-bond donors (Lipinski definition) is 0. The molecule has 1 heterocycles. The van der Waals surface area contributed by atoms with Gasteiger partial charge in [-0.15, -0.1) is 0 Å². The molecule has 4 heteroatoms. The Morgan fingerprint density at radius 2 is 2.05 bits per heavy atom. The van der Waals surface area contributed by atoms with Crippen LogP contribution in [0.25, 0.3) is 0 Å². The number of nitrogens with zero attached hydrogens (tertiary/aromatic N) is 1. The molecule has 1 amide bonds. The number of ether oxygens (including phenoxy) is 1. The predicted octanol–water partition coefficient (Wildman–Crippen LogP) is 3.80. The smallest absolute Gasteiger partial charge is 0.258 e. The number of amides is 1. The molecule has 0 unspecified atom stereocenters. The maximum Gasteiger partial charge on any atom is 0.258 e. The topological polar surface area (TPSA) is 29.5 Å². The lowest BCUT2D eigenvalue weighted by Gasteiger charge is -2.29. The SMILES string of the molecule is Cc1ccc(C(=O)N2CCOc3ccccc32)cc1Br. The van der Waals surface area contributed by atoms with Gasteiger partial charge in [-0.25, -0.2) is 0 Å². The summed E-state index contributed by atoms with van der Waals surface area (Å²) in [6, 6.07) is 13.3. The van der Waals surface area contributed by atoms with Crippen LogP contribution in [0.1, 0.15) is 15.9 Å². The highest BCUT2D eigenvalue weighted by Gasteiger charge is 2.24. The second kappa shape index (κ2) is 5.29. The summed E-state index contributed by atoms with van der Waals surface area (Å²) in [6.45, 7) is 3.10. The van der Waals surface area contributed by atoms with E-state index in [1.165, 1.54) is 0 Å². The third-order valence-electron chi connectivity index (χ3n) is 3.39. The lowest BCUT2D eigenvalue weighted by atomic mass is 10.1. The van der Waals surface area contributed by atoms with Gasteiger partial charge in [0.1, 0.15) is 12.4 Å². The molecule has 20 heavy (non-hydrogen) atoms. The number of carbonyl (C=O) groups is 1. The van der Waals surface area contributed by atoms with Crippen LogP contribution in [0, 0.1) is 6.92 Å². The minimum atomic E-state index is 0.00134. The molecule has 0 aromatic heterocycles. The van der Waals surface area contributed by atoms with Crippen molar-refractivity contribution in [3.05, 3.63) is 58.1 Å². The first kappa shape index (κ1) is 13.2. The van der Waals surface area contributed by atoms with E-state index >= 15 is 0 Å². The first-order chi connectivity index (χ1) is 9.66. The number of para-hydroxylation sites is 2. The average Bonchev–Trinajstić information content (AvgIpc) is 2.49. The van der Waals surface area contributed by atoms with E-state index in [2.05, 4.69) is 15.9 Å². The molecule has 102 valence electrons. The van der Waals surface area contributed by atoms with Gasteiger partial charge in [-0.05, 0) is 36.8 Å². The largest absolute Gasteiger partial charge is 0.490 e. The van der Waals surface area contributed by atoms with Gasteiger partial charge < -0.3 is 9.64 Å². The number of benzene rings is 2. The number of hydrogen-bond acceptors (Lipinski definition) is 2. The molecule has 0 radical (unpaired) electrons. The third kappa shape index (κ3) is 2.31. The van der Waals surface area contributed by atoms with Crippen LogP contribution >= 0.6 is 15.9 Å².